The molecule has 0 radical (unpaired) electrons. The van der Waals surface area contributed by atoms with E-state index in [9.17, 15) is 0 Å². The highest BCUT2D eigenvalue weighted by molar-refractivity contribution is 5.28. The molecule has 0 amide bonds. The Hall–Kier alpha value is -1.88. The van der Waals surface area contributed by atoms with Crippen LogP contribution in [0.3, 0.4) is 0 Å². The Labute approximate surface area is 100 Å². The van der Waals surface area contributed by atoms with Crippen LogP contribution in [0.1, 0.15) is 11.4 Å². The van der Waals surface area contributed by atoms with Gasteiger partial charge in [0.2, 0.25) is 0 Å². The number of benzene rings is 1. The van der Waals surface area contributed by atoms with E-state index in [2.05, 4.69) is 16.3 Å². The van der Waals surface area contributed by atoms with Gasteiger partial charge in [-0.3, -0.25) is 0 Å². The lowest BCUT2D eigenvalue weighted by Gasteiger charge is -2.06. The number of nitrogens with two attached hydrogens (primary N) is 1. The van der Waals surface area contributed by atoms with E-state index in [-0.39, 0.29) is 0 Å². The first-order chi connectivity index (χ1) is 8.33. The molecular formula is C12H16N4O. The number of aryl methyl sites for hydroxylation is 2. The van der Waals surface area contributed by atoms with Gasteiger partial charge in [-0.15, -0.1) is 10.2 Å². The summed E-state index contributed by atoms with van der Waals surface area (Å²) in [4.78, 5) is 0. The molecule has 0 unspecified atom stereocenters. The summed E-state index contributed by atoms with van der Waals surface area (Å²) in [7, 11) is 1.67. The predicted octanol–water partition coefficient (Wildman–Crippen LogP) is 0.988. The van der Waals surface area contributed by atoms with Gasteiger partial charge in [0.15, 0.2) is 0 Å². The standard InChI is InChI=1S/C12H16N4O/c1-17-11-4-2-3-10(7-11)5-6-16-9-14-15-12(16)8-13/h2-4,7,9H,5-6,8,13H2,1H3. The largest absolute Gasteiger partial charge is 0.497 e. The summed E-state index contributed by atoms with van der Waals surface area (Å²) in [6.07, 6.45) is 2.62. The first-order valence-corrected chi connectivity index (χ1v) is 5.53. The smallest absolute Gasteiger partial charge is 0.146 e. The molecule has 0 aliphatic carbocycles. The van der Waals surface area contributed by atoms with Gasteiger partial charge in [0.05, 0.1) is 13.7 Å². The minimum atomic E-state index is 0.415. The minimum absolute atomic E-state index is 0.415. The first-order valence-electron chi connectivity index (χ1n) is 5.53. The molecule has 1 aromatic heterocycles. The van der Waals surface area contributed by atoms with Crippen molar-refractivity contribution in [2.45, 2.75) is 19.5 Å². The summed E-state index contributed by atoms with van der Waals surface area (Å²) in [6, 6.07) is 8.04. The molecule has 0 aliphatic rings. The number of hydrogen-bond acceptors (Lipinski definition) is 4. The van der Waals surface area contributed by atoms with Crippen LogP contribution < -0.4 is 10.5 Å². The maximum atomic E-state index is 5.57. The van der Waals surface area contributed by atoms with Crippen LogP contribution in [0.2, 0.25) is 0 Å². The Kier molecular flexibility index (Phi) is 3.72. The maximum Gasteiger partial charge on any atom is 0.146 e. The second-order valence-corrected chi connectivity index (χ2v) is 3.75. The van der Waals surface area contributed by atoms with E-state index in [0.717, 1.165) is 24.5 Å². The van der Waals surface area contributed by atoms with Gasteiger partial charge in [0, 0.05) is 6.54 Å². The van der Waals surface area contributed by atoms with Crippen molar-refractivity contribution < 1.29 is 4.74 Å². The average Bonchev–Trinajstić information content (AvgIpc) is 2.84. The number of nitrogens with zero attached hydrogens (tertiary/aromatic N) is 3. The first kappa shape index (κ1) is 11.6. The van der Waals surface area contributed by atoms with Crippen molar-refractivity contribution >= 4 is 0 Å². The second kappa shape index (κ2) is 5.45. The second-order valence-electron chi connectivity index (χ2n) is 3.75. The number of rotatable bonds is 5. The van der Waals surface area contributed by atoms with Crippen molar-refractivity contribution in [1.29, 1.82) is 0 Å². The van der Waals surface area contributed by atoms with Crippen molar-refractivity contribution in [3.8, 4) is 5.75 Å². The highest BCUT2D eigenvalue weighted by Crippen LogP contribution is 2.13. The quantitative estimate of drug-likeness (QED) is 0.834. The molecule has 0 aliphatic heterocycles. The fraction of sp³-hybridized carbons (Fsp3) is 0.333. The molecule has 0 saturated carbocycles. The summed E-state index contributed by atoms with van der Waals surface area (Å²) < 4.78 is 7.16. The van der Waals surface area contributed by atoms with Gasteiger partial charge in [0.25, 0.3) is 0 Å². The molecule has 0 saturated heterocycles. The molecule has 0 bridgehead atoms. The Bertz CT molecular complexity index is 481. The SMILES string of the molecule is COc1cccc(CCn2cnnc2CN)c1. The molecule has 5 nitrogen and oxygen atoms in total. The van der Waals surface area contributed by atoms with Crippen LogP contribution in [-0.4, -0.2) is 21.9 Å². The van der Waals surface area contributed by atoms with Crippen molar-refractivity contribution in [1.82, 2.24) is 14.8 Å². The highest BCUT2D eigenvalue weighted by atomic mass is 16.5. The van der Waals surface area contributed by atoms with Crippen molar-refractivity contribution in [3.05, 3.63) is 42.0 Å². The summed E-state index contributed by atoms with van der Waals surface area (Å²) in [5.74, 6) is 1.69. The van der Waals surface area contributed by atoms with Gasteiger partial charge in [-0.05, 0) is 24.1 Å². The van der Waals surface area contributed by atoms with Gasteiger partial charge in [-0.2, -0.15) is 0 Å². The van der Waals surface area contributed by atoms with E-state index in [4.69, 9.17) is 10.5 Å². The van der Waals surface area contributed by atoms with Crippen LogP contribution in [0.4, 0.5) is 0 Å². The zero-order valence-corrected chi connectivity index (χ0v) is 9.84. The van der Waals surface area contributed by atoms with Crippen LogP contribution in [0.15, 0.2) is 30.6 Å². The zero-order valence-electron chi connectivity index (χ0n) is 9.84. The fourth-order valence-electron chi connectivity index (χ4n) is 1.70. The van der Waals surface area contributed by atoms with Gasteiger partial charge >= 0.3 is 0 Å². The third-order valence-corrected chi connectivity index (χ3v) is 2.65. The van der Waals surface area contributed by atoms with E-state index in [1.165, 1.54) is 5.56 Å². The van der Waals surface area contributed by atoms with Crippen LogP contribution in [0.25, 0.3) is 0 Å². The van der Waals surface area contributed by atoms with E-state index in [0.29, 0.717) is 6.54 Å². The molecule has 0 fully saturated rings. The van der Waals surface area contributed by atoms with Crippen LogP contribution in [0.5, 0.6) is 5.75 Å². The van der Waals surface area contributed by atoms with Crippen molar-refractivity contribution in [2.24, 2.45) is 5.73 Å². The van der Waals surface area contributed by atoms with Gasteiger partial charge in [-0.1, -0.05) is 12.1 Å². The molecule has 0 atom stereocenters. The van der Waals surface area contributed by atoms with Crippen LogP contribution >= 0.6 is 0 Å². The molecule has 1 aromatic carbocycles. The maximum absolute atomic E-state index is 5.57. The summed E-state index contributed by atoms with van der Waals surface area (Å²) in [6.45, 7) is 1.24. The lowest BCUT2D eigenvalue weighted by Crippen LogP contribution is -2.09. The average molecular weight is 232 g/mol. The zero-order chi connectivity index (χ0) is 12.1. The number of aromatic nitrogens is 3. The fourth-order valence-corrected chi connectivity index (χ4v) is 1.70. The topological polar surface area (TPSA) is 66.0 Å². The van der Waals surface area contributed by atoms with E-state index >= 15 is 0 Å². The Balaban J connectivity index is 2.02. The van der Waals surface area contributed by atoms with Crippen molar-refractivity contribution in [2.75, 3.05) is 7.11 Å². The summed E-state index contributed by atoms with van der Waals surface area (Å²) in [5.41, 5.74) is 6.79. The van der Waals surface area contributed by atoms with E-state index < -0.39 is 0 Å². The number of methoxy groups -OCH3 is 1. The monoisotopic (exact) mass is 232 g/mol. The summed E-state index contributed by atoms with van der Waals surface area (Å²) >= 11 is 0. The third-order valence-electron chi connectivity index (χ3n) is 2.65. The molecule has 0 spiro atoms. The Morgan fingerprint density at radius 1 is 1.41 bits per heavy atom. The third kappa shape index (κ3) is 2.82. The molecule has 2 N–H and O–H groups in total. The Morgan fingerprint density at radius 2 is 2.29 bits per heavy atom. The van der Waals surface area contributed by atoms with E-state index in [1.807, 2.05) is 22.8 Å². The highest BCUT2D eigenvalue weighted by Gasteiger charge is 2.02. The van der Waals surface area contributed by atoms with Crippen LogP contribution in [-0.2, 0) is 19.5 Å². The molecule has 2 rings (SSSR count). The molecule has 17 heavy (non-hydrogen) atoms. The van der Waals surface area contributed by atoms with E-state index in [1.54, 1.807) is 13.4 Å². The Morgan fingerprint density at radius 3 is 3.06 bits per heavy atom. The van der Waals surface area contributed by atoms with Gasteiger partial charge < -0.3 is 15.0 Å². The number of ether oxygens (including phenoxy) is 1. The lowest BCUT2D eigenvalue weighted by atomic mass is 10.1. The van der Waals surface area contributed by atoms with Gasteiger partial charge in [0.1, 0.15) is 17.9 Å². The molecular weight excluding hydrogens is 216 g/mol. The van der Waals surface area contributed by atoms with Crippen LogP contribution in [0, 0.1) is 0 Å². The molecule has 5 heteroatoms. The normalized spacial score (nSPS) is 10.5. The van der Waals surface area contributed by atoms with Crippen molar-refractivity contribution in [3.63, 3.8) is 0 Å². The number of hydrogen-bond donors (Lipinski definition) is 1. The van der Waals surface area contributed by atoms with Gasteiger partial charge in [-0.25, -0.2) is 0 Å². The predicted molar refractivity (Wildman–Crippen MR) is 64.6 cm³/mol. The molecule has 2 aromatic rings. The molecule has 90 valence electrons. The minimum Gasteiger partial charge on any atom is -0.497 e. The summed E-state index contributed by atoms with van der Waals surface area (Å²) in [5, 5.41) is 7.79. The lowest BCUT2D eigenvalue weighted by molar-refractivity contribution is 0.414. The molecule has 1 heterocycles.